The monoisotopic (exact) mass is 421 g/mol. The molecular formula is C23H27N5OS. The number of rotatable bonds is 6. The van der Waals surface area contributed by atoms with Crippen molar-refractivity contribution in [1.82, 2.24) is 25.1 Å². The molecule has 2 heterocycles. The van der Waals surface area contributed by atoms with E-state index in [-0.39, 0.29) is 17.2 Å². The molecule has 1 aliphatic rings. The molecule has 1 aromatic carbocycles. The number of pyridine rings is 1. The van der Waals surface area contributed by atoms with Crippen LogP contribution in [0.3, 0.4) is 0 Å². The molecule has 0 saturated heterocycles. The Labute approximate surface area is 181 Å². The quantitative estimate of drug-likeness (QED) is 0.593. The van der Waals surface area contributed by atoms with Crippen LogP contribution in [0, 0.1) is 5.92 Å². The van der Waals surface area contributed by atoms with E-state index in [0.29, 0.717) is 11.1 Å². The number of hydrogen-bond donors (Lipinski definition) is 1. The van der Waals surface area contributed by atoms with Crippen LogP contribution in [0.2, 0.25) is 0 Å². The molecule has 0 spiro atoms. The van der Waals surface area contributed by atoms with Gasteiger partial charge in [0.05, 0.1) is 5.25 Å². The maximum absolute atomic E-state index is 12.9. The summed E-state index contributed by atoms with van der Waals surface area (Å²) in [5.74, 6) is 1.33. The van der Waals surface area contributed by atoms with Gasteiger partial charge < -0.3 is 5.32 Å². The van der Waals surface area contributed by atoms with Crippen molar-refractivity contribution in [2.45, 2.75) is 56.0 Å². The average molecular weight is 422 g/mol. The molecule has 1 N–H and O–H groups in total. The minimum atomic E-state index is -0.268. The molecule has 0 aliphatic heterocycles. The first-order chi connectivity index (χ1) is 14.6. The van der Waals surface area contributed by atoms with Crippen LogP contribution in [-0.2, 0) is 4.79 Å². The fourth-order valence-electron chi connectivity index (χ4n) is 3.89. The third-order valence-electron chi connectivity index (χ3n) is 5.68. The topological polar surface area (TPSA) is 72.7 Å². The van der Waals surface area contributed by atoms with E-state index in [1.54, 1.807) is 12.4 Å². The molecule has 1 aliphatic carbocycles. The molecule has 3 atom stereocenters. The zero-order valence-corrected chi connectivity index (χ0v) is 18.2. The van der Waals surface area contributed by atoms with Gasteiger partial charge in [0.1, 0.15) is 0 Å². The Bertz CT molecular complexity index is 976. The number of benzene rings is 1. The number of nitrogens with one attached hydrogen (secondary N) is 1. The lowest BCUT2D eigenvalue weighted by Crippen LogP contribution is -2.44. The summed E-state index contributed by atoms with van der Waals surface area (Å²) in [6.45, 7) is 4.17. The lowest BCUT2D eigenvalue weighted by atomic mass is 9.86. The zero-order chi connectivity index (χ0) is 20.9. The van der Waals surface area contributed by atoms with Gasteiger partial charge in [-0.3, -0.25) is 14.3 Å². The molecule has 3 aromatic rings. The number of hydrogen-bond acceptors (Lipinski definition) is 5. The van der Waals surface area contributed by atoms with Gasteiger partial charge in [-0.25, -0.2) is 0 Å². The second-order valence-corrected chi connectivity index (χ2v) is 9.16. The Morgan fingerprint density at radius 3 is 2.57 bits per heavy atom. The van der Waals surface area contributed by atoms with E-state index in [1.165, 1.54) is 31.0 Å². The minimum Gasteiger partial charge on any atom is -0.352 e. The molecule has 4 rings (SSSR count). The third-order valence-corrected chi connectivity index (χ3v) is 6.72. The van der Waals surface area contributed by atoms with E-state index in [9.17, 15) is 4.79 Å². The Morgan fingerprint density at radius 1 is 1.10 bits per heavy atom. The molecule has 30 heavy (non-hydrogen) atoms. The maximum Gasteiger partial charge on any atom is 0.233 e. The van der Waals surface area contributed by atoms with Gasteiger partial charge in [0.15, 0.2) is 11.0 Å². The number of thioether (sulfide) groups is 1. The average Bonchev–Trinajstić information content (AvgIpc) is 3.20. The summed E-state index contributed by atoms with van der Waals surface area (Å²) in [5.41, 5.74) is 1.90. The van der Waals surface area contributed by atoms with Gasteiger partial charge in [0.25, 0.3) is 0 Å². The minimum absolute atomic E-state index is 0.0619. The maximum atomic E-state index is 12.9. The lowest BCUT2D eigenvalue weighted by molar-refractivity contribution is -0.121. The standard InChI is InChI=1S/C23H27N5OS/c1-16-8-6-7-11-20(16)25-22(29)17(2)30-23-27-26-21(18-12-14-24-15-13-18)28(23)19-9-4-3-5-10-19/h3-5,9-10,12-17,20H,6-8,11H2,1-2H3,(H,25,29). The number of para-hydroxylation sites is 1. The van der Waals surface area contributed by atoms with Gasteiger partial charge in [-0.05, 0) is 49.9 Å². The van der Waals surface area contributed by atoms with Crippen LogP contribution in [0.25, 0.3) is 17.1 Å². The van der Waals surface area contributed by atoms with Crippen molar-refractivity contribution in [1.29, 1.82) is 0 Å². The van der Waals surface area contributed by atoms with Crippen LogP contribution in [0.1, 0.15) is 39.5 Å². The fourth-order valence-corrected chi connectivity index (χ4v) is 4.76. The molecular weight excluding hydrogens is 394 g/mol. The number of amides is 1. The highest BCUT2D eigenvalue weighted by Gasteiger charge is 2.27. The normalized spacial score (nSPS) is 19.9. The van der Waals surface area contributed by atoms with Crippen molar-refractivity contribution in [2.24, 2.45) is 5.92 Å². The highest BCUT2D eigenvalue weighted by molar-refractivity contribution is 8.00. The Balaban J connectivity index is 1.58. The van der Waals surface area contributed by atoms with Crippen LogP contribution in [0.5, 0.6) is 0 Å². The summed E-state index contributed by atoms with van der Waals surface area (Å²) in [6.07, 6.45) is 8.19. The van der Waals surface area contributed by atoms with E-state index >= 15 is 0 Å². The summed E-state index contributed by atoms with van der Waals surface area (Å²) in [6, 6.07) is 14.1. The van der Waals surface area contributed by atoms with Crippen LogP contribution >= 0.6 is 11.8 Å². The SMILES string of the molecule is CC(Sc1nnc(-c2ccncc2)n1-c1ccccc1)C(=O)NC1CCCCC1C. The van der Waals surface area contributed by atoms with Gasteiger partial charge in [0, 0.05) is 29.7 Å². The van der Waals surface area contributed by atoms with Gasteiger partial charge in [0.2, 0.25) is 5.91 Å². The highest BCUT2D eigenvalue weighted by Crippen LogP contribution is 2.30. The lowest BCUT2D eigenvalue weighted by Gasteiger charge is -2.30. The second-order valence-electron chi connectivity index (χ2n) is 7.85. The molecule has 3 unspecified atom stereocenters. The smallest absolute Gasteiger partial charge is 0.233 e. The first-order valence-electron chi connectivity index (χ1n) is 10.5. The number of nitrogens with zero attached hydrogens (tertiary/aromatic N) is 4. The largest absolute Gasteiger partial charge is 0.352 e. The van der Waals surface area contributed by atoms with E-state index < -0.39 is 0 Å². The van der Waals surface area contributed by atoms with Crippen molar-refractivity contribution >= 4 is 17.7 Å². The summed E-state index contributed by atoms with van der Waals surface area (Å²) < 4.78 is 2.01. The van der Waals surface area contributed by atoms with Crippen molar-refractivity contribution in [3.63, 3.8) is 0 Å². The first kappa shape index (κ1) is 20.6. The second kappa shape index (κ2) is 9.43. The molecule has 156 valence electrons. The summed E-state index contributed by atoms with van der Waals surface area (Å²) in [5, 5.41) is 12.6. The summed E-state index contributed by atoms with van der Waals surface area (Å²) in [7, 11) is 0. The van der Waals surface area contributed by atoms with Crippen molar-refractivity contribution < 1.29 is 4.79 Å². The van der Waals surface area contributed by atoms with E-state index in [2.05, 4.69) is 27.4 Å². The van der Waals surface area contributed by atoms with E-state index in [1.807, 2.05) is 54.0 Å². The van der Waals surface area contributed by atoms with Crippen LogP contribution < -0.4 is 5.32 Å². The molecule has 1 saturated carbocycles. The van der Waals surface area contributed by atoms with E-state index in [0.717, 1.165) is 23.5 Å². The van der Waals surface area contributed by atoms with Gasteiger partial charge in [-0.15, -0.1) is 10.2 Å². The van der Waals surface area contributed by atoms with Gasteiger partial charge in [-0.1, -0.05) is 49.7 Å². The first-order valence-corrected chi connectivity index (χ1v) is 11.4. The third kappa shape index (κ3) is 4.56. The van der Waals surface area contributed by atoms with Crippen molar-refractivity contribution in [3.05, 3.63) is 54.9 Å². The molecule has 1 amide bonds. The molecule has 2 aromatic heterocycles. The Kier molecular flexibility index (Phi) is 6.47. The number of carbonyl (C=O) groups is 1. The molecule has 0 bridgehead atoms. The Hall–Kier alpha value is -2.67. The number of carbonyl (C=O) groups excluding carboxylic acids is 1. The van der Waals surface area contributed by atoms with Gasteiger partial charge >= 0.3 is 0 Å². The predicted molar refractivity (Wildman–Crippen MR) is 119 cm³/mol. The zero-order valence-electron chi connectivity index (χ0n) is 17.4. The highest BCUT2D eigenvalue weighted by atomic mass is 32.2. The summed E-state index contributed by atoms with van der Waals surface area (Å²) >= 11 is 1.44. The van der Waals surface area contributed by atoms with Gasteiger partial charge in [-0.2, -0.15) is 0 Å². The van der Waals surface area contributed by atoms with Crippen molar-refractivity contribution in [2.75, 3.05) is 0 Å². The molecule has 0 radical (unpaired) electrons. The molecule has 1 fully saturated rings. The Morgan fingerprint density at radius 2 is 1.83 bits per heavy atom. The van der Waals surface area contributed by atoms with Crippen LogP contribution in [0.4, 0.5) is 0 Å². The van der Waals surface area contributed by atoms with Crippen LogP contribution in [0.15, 0.2) is 60.0 Å². The van der Waals surface area contributed by atoms with Crippen LogP contribution in [-0.4, -0.2) is 36.9 Å². The van der Waals surface area contributed by atoms with Crippen molar-refractivity contribution in [3.8, 4) is 17.1 Å². The fraction of sp³-hybridized carbons (Fsp3) is 0.391. The molecule has 7 heteroatoms. The number of aromatic nitrogens is 4. The summed E-state index contributed by atoms with van der Waals surface area (Å²) in [4.78, 5) is 17.0. The predicted octanol–water partition coefficient (Wildman–Crippen LogP) is 4.50. The van der Waals surface area contributed by atoms with E-state index in [4.69, 9.17) is 0 Å². The molecule has 6 nitrogen and oxygen atoms in total.